The zero-order valence-corrected chi connectivity index (χ0v) is 12.0. The van der Waals surface area contributed by atoms with E-state index in [1.807, 2.05) is 6.20 Å². The molecule has 1 aromatic heterocycles. The molecule has 0 aromatic carbocycles. The summed E-state index contributed by atoms with van der Waals surface area (Å²) in [5, 5.41) is 3.40. The number of aromatic nitrogens is 1. The van der Waals surface area contributed by atoms with Crippen LogP contribution >= 0.6 is 0 Å². The summed E-state index contributed by atoms with van der Waals surface area (Å²) in [4.78, 5) is 4.44. The molecule has 0 aliphatic heterocycles. The minimum atomic E-state index is 0.288. The largest absolute Gasteiger partial charge is 0.445 e. The molecule has 0 atom stereocenters. The molecule has 0 saturated heterocycles. The molecule has 102 valence electrons. The molecule has 1 aromatic rings. The molecule has 1 aliphatic carbocycles. The number of oxazole rings is 1. The molecule has 0 bridgehead atoms. The molecule has 0 radical (unpaired) electrons. The van der Waals surface area contributed by atoms with Crippen LogP contribution in [0, 0.1) is 0 Å². The third-order valence-electron chi connectivity index (χ3n) is 4.21. The van der Waals surface area contributed by atoms with E-state index in [4.69, 9.17) is 4.42 Å². The summed E-state index contributed by atoms with van der Waals surface area (Å²) < 4.78 is 5.99. The first-order valence-electron chi connectivity index (χ1n) is 7.35. The van der Waals surface area contributed by atoms with Crippen LogP contribution in [0.1, 0.15) is 64.5 Å². The minimum absolute atomic E-state index is 0.288. The second kappa shape index (κ2) is 5.87. The Labute approximate surface area is 110 Å². The van der Waals surface area contributed by atoms with Gasteiger partial charge in [-0.1, -0.05) is 33.6 Å². The van der Waals surface area contributed by atoms with Crippen LogP contribution in [-0.4, -0.2) is 17.6 Å². The van der Waals surface area contributed by atoms with Gasteiger partial charge in [-0.3, -0.25) is 0 Å². The van der Waals surface area contributed by atoms with Gasteiger partial charge in [0.05, 0.1) is 6.20 Å². The molecule has 1 aliphatic rings. The number of nitrogens with one attached hydrogen (secondary N) is 1. The van der Waals surface area contributed by atoms with Crippen LogP contribution < -0.4 is 5.32 Å². The van der Waals surface area contributed by atoms with Crippen molar-refractivity contribution in [1.29, 1.82) is 0 Å². The van der Waals surface area contributed by atoms with Gasteiger partial charge in [0, 0.05) is 24.4 Å². The monoisotopic (exact) mass is 250 g/mol. The lowest BCUT2D eigenvalue weighted by Crippen LogP contribution is -2.25. The van der Waals surface area contributed by atoms with Crippen LogP contribution in [-0.2, 0) is 11.8 Å². The molecule has 1 heterocycles. The van der Waals surface area contributed by atoms with E-state index in [0.717, 1.165) is 24.6 Å². The van der Waals surface area contributed by atoms with Gasteiger partial charge in [-0.25, -0.2) is 4.98 Å². The Bertz CT molecular complexity index is 364. The van der Waals surface area contributed by atoms with Crippen LogP contribution in [0.5, 0.6) is 0 Å². The fourth-order valence-corrected chi connectivity index (χ4v) is 2.96. The highest BCUT2D eigenvalue weighted by Crippen LogP contribution is 2.43. The average Bonchev–Trinajstić information content (AvgIpc) is 2.97. The molecular formula is C15H26N2O. The molecule has 1 N–H and O–H groups in total. The van der Waals surface area contributed by atoms with E-state index in [9.17, 15) is 0 Å². The van der Waals surface area contributed by atoms with Crippen molar-refractivity contribution < 1.29 is 4.42 Å². The highest BCUT2D eigenvalue weighted by atomic mass is 16.4. The van der Waals surface area contributed by atoms with Gasteiger partial charge in [-0.05, 0) is 19.3 Å². The third kappa shape index (κ3) is 2.94. The van der Waals surface area contributed by atoms with E-state index in [1.165, 1.54) is 32.1 Å². The lowest BCUT2D eigenvalue weighted by atomic mass is 9.81. The Balaban J connectivity index is 1.96. The van der Waals surface area contributed by atoms with Gasteiger partial charge in [0.2, 0.25) is 0 Å². The van der Waals surface area contributed by atoms with E-state index < -0.39 is 0 Å². The van der Waals surface area contributed by atoms with Gasteiger partial charge in [0.15, 0.2) is 5.89 Å². The van der Waals surface area contributed by atoms with E-state index in [2.05, 4.69) is 31.1 Å². The van der Waals surface area contributed by atoms with E-state index in [0.29, 0.717) is 6.04 Å². The van der Waals surface area contributed by atoms with Gasteiger partial charge >= 0.3 is 0 Å². The third-order valence-corrected chi connectivity index (χ3v) is 4.21. The van der Waals surface area contributed by atoms with Gasteiger partial charge in [0.1, 0.15) is 5.76 Å². The predicted octanol–water partition coefficient (Wildman–Crippen LogP) is 3.44. The highest BCUT2D eigenvalue weighted by molar-refractivity contribution is 5.13. The zero-order chi connectivity index (χ0) is 13.0. The first-order chi connectivity index (χ1) is 8.66. The average molecular weight is 250 g/mol. The molecule has 0 amide bonds. The lowest BCUT2D eigenvalue weighted by Gasteiger charge is -2.23. The number of rotatable bonds is 6. The van der Waals surface area contributed by atoms with Gasteiger partial charge in [0.25, 0.3) is 0 Å². The van der Waals surface area contributed by atoms with Crippen molar-refractivity contribution in [1.82, 2.24) is 10.3 Å². The Hall–Kier alpha value is -0.830. The molecule has 3 heteroatoms. The fraction of sp³-hybridized carbons (Fsp3) is 0.800. The Morgan fingerprint density at radius 2 is 2.11 bits per heavy atom. The number of hydrogen-bond acceptors (Lipinski definition) is 3. The van der Waals surface area contributed by atoms with E-state index >= 15 is 0 Å². The van der Waals surface area contributed by atoms with E-state index in [-0.39, 0.29) is 5.41 Å². The SMILES string of the molecule is CCC1(c2cnc(CCNC(C)C)o2)CCCC1. The summed E-state index contributed by atoms with van der Waals surface area (Å²) >= 11 is 0. The van der Waals surface area contributed by atoms with Crippen molar-refractivity contribution in [2.75, 3.05) is 6.54 Å². The van der Waals surface area contributed by atoms with Crippen molar-refractivity contribution in [3.05, 3.63) is 17.8 Å². The minimum Gasteiger partial charge on any atom is -0.445 e. The van der Waals surface area contributed by atoms with Gasteiger partial charge in [-0.2, -0.15) is 0 Å². The molecule has 1 saturated carbocycles. The standard InChI is InChI=1S/C15H26N2O/c1-4-15(8-5-6-9-15)13-11-17-14(18-13)7-10-16-12(2)3/h11-12,16H,4-10H2,1-3H3. The quantitative estimate of drug-likeness (QED) is 0.840. The molecule has 2 rings (SSSR count). The predicted molar refractivity (Wildman–Crippen MR) is 73.8 cm³/mol. The summed E-state index contributed by atoms with van der Waals surface area (Å²) in [6.07, 6.45) is 9.23. The van der Waals surface area contributed by atoms with Crippen molar-refractivity contribution in [3.8, 4) is 0 Å². The molecule has 0 spiro atoms. The fourth-order valence-electron chi connectivity index (χ4n) is 2.96. The van der Waals surface area contributed by atoms with Crippen LogP contribution in [0.4, 0.5) is 0 Å². The second-order valence-corrected chi connectivity index (χ2v) is 5.82. The molecule has 0 unspecified atom stereocenters. The first kappa shape index (κ1) is 13.6. The van der Waals surface area contributed by atoms with Crippen LogP contribution in [0.25, 0.3) is 0 Å². The first-order valence-corrected chi connectivity index (χ1v) is 7.35. The molecule has 1 fully saturated rings. The summed E-state index contributed by atoms with van der Waals surface area (Å²) in [6.45, 7) is 7.53. The topological polar surface area (TPSA) is 38.1 Å². The van der Waals surface area contributed by atoms with E-state index in [1.54, 1.807) is 0 Å². The summed E-state index contributed by atoms with van der Waals surface area (Å²) in [5.74, 6) is 2.01. The molecule has 3 nitrogen and oxygen atoms in total. The van der Waals surface area contributed by atoms with Crippen molar-refractivity contribution >= 4 is 0 Å². The Morgan fingerprint density at radius 3 is 2.72 bits per heavy atom. The van der Waals surface area contributed by atoms with Crippen LogP contribution in [0.15, 0.2) is 10.6 Å². The zero-order valence-electron chi connectivity index (χ0n) is 12.0. The van der Waals surface area contributed by atoms with Crippen molar-refractivity contribution in [2.24, 2.45) is 0 Å². The summed E-state index contributed by atoms with van der Waals surface area (Å²) in [7, 11) is 0. The molecular weight excluding hydrogens is 224 g/mol. The second-order valence-electron chi connectivity index (χ2n) is 5.82. The Kier molecular flexibility index (Phi) is 4.44. The number of nitrogens with zero attached hydrogens (tertiary/aromatic N) is 1. The maximum absolute atomic E-state index is 5.99. The summed E-state index contributed by atoms with van der Waals surface area (Å²) in [5.41, 5.74) is 0.288. The maximum atomic E-state index is 5.99. The van der Waals surface area contributed by atoms with Crippen LogP contribution in [0.3, 0.4) is 0 Å². The maximum Gasteiger partial charge on any atom is 0.195 e. The highest BCUT2D eigenvalue weighted by Gasteiger charge is 2.37. The Morgan fingerprint density at radius 1 is 1.39 bits per heavy atom. The lowest BCUT2D eigenvalue weighted by molar-refractivity contribution is 0.316. The smallest absolute Gasteiger partial charge is 0.195 e. The van der Waals surface area contributed by atoms with Gasteiger partial charge in [-0.15, -0.1) is 0 Å². The van der Waals surface area contributed by atoms with Crippen LogP contribution in [0.2, 0.25) is 0 Å². The summed E-state index contributed by atoms with van der Waals surface area (Å²) in [6, 6.07) is 0.524. The number of hydrogen-bond donors (Lipinski definition) is 1. The van der Waals surface area contributed by atoms with Crippen molar-refractivity contribution in [3.63, 3.8) is 0 Å². The normalized spacial score (nSPS) is 18.7. The van der Waals surface area contributed by atoms with Crippen molar-refractivity contribution in [2.45, 2.75) is 70.8 Å². The molecule has 18 heavy (non-hydrogen) atoms. The van der Waals surface area contributed by atoms with Gasteiger partial charge < -0.3 is 9.73 Å².